The molecule has 0 radical (unpaired) electrons. The smallest absolute Gasteiger partial charge is 0.317 e. The van der Waals surface area contributed by atoms with Crippen LogP contribution in [0.3, 0.4) is 0 Å². The van der Waals surface area contributed by atoms with Crippen LogP contribution in [0.25, 0.3) is 0 Å². The first-order chi connectivity index (χ1) is 9.83. The van der Waals surface area contributed by atoms with Crippen LogP contribution in [-0.4, -0.2) is 41.0 Å². The lowest BCUT2D eigenvalue weighted by atomic mass is 10.2. The number of anilines is 1. The van der Waals surface area contributed by atoms with Crippen molar-refractivity contribution < 1.29 is 14.7 Å². The molecule has 2 N–H and O–H groups in total. The van der Waals surface area contributed by atoms with Crippen LogP contribution < -0.4 is 5.32 Å². The monoisotopic (exact) mass is 420 g/mol. The third-order valence-electron chi connectivity index (χ3n) is 3.10. The number of nitrogens with zero attached hydrogens (tertiary/aromatic N) is 1. The number of rotatable bonds is 7. The third kappa shape index (κ3) is 6.15. The van der Waals surface area contributed by atoms with Gasteiger partial charge in [0.15, 0.2) is 0 Å². The van der Waals surface area contributed by atoms with Gasteiger partial charge in [-0.25, -0.2) is 0 Å². The minimum Gasteiger partial charge on any atom is -0.480 e. The number of halogens is 2. The van der Waals surface area contributed by atoms with Gasteiger partial charge in [0.1, 0.15) is 0 Å². The van der Waals surface area contributed by atoms with E-state index < -0.39 is 5.97 Å². The molecule has 1 rings (SSSR count). The van der Waals surface area contributed by atoms with E-state index in [-0.39, 0.29) is 25.0 Å². The van der Waals surface area contributed by atoms with Crippen LogP contribution >= 0.6 is 31.9 Å². The molecule has 0 aliphatic heterocycles. The van der Waals surface area contributed by atoms with Gasteiger partial charge in [-0.1, -0.05) is 22.9 Å². The lowest BCUT2D eigenvalue weighted by Crippen LogP contribution is -2.42. The van der Waals surface area contributed by atoms with Gasteiger partial charge in [0.25, 0.3) is 0 Å². The van der Waals surface area contributed by atoms with Crippen molar-refractivity contribution in [3.05, 3.63) is 27.1 Å². The summed E-state index contributed by atoms with van der Waals surface area (Å²) in [5.74, 6) is -1.17. The molecule has 0 aliphatic rings. The van der Waals surface area contributed by atoms with Crippen LogP contribution in [0, 0.1) is 0 Å². The Kier molecular flexibility index (Phi) is 7.34. The zero-order valence-electron chi connectivity index (χ0n) is 11.9. The summed E-state index contributed by atoms with van der Waals surface area (Å²) in [6.07, 6.45) is 0.780. The summed E-state index contributed by atoms with van der Waals surface area (Å²) in [4.78, 5) is 24.6. The number of benzene rings is 1. The highest BCUT2D eigenvalue weighted by Gasteiger charge is 2.19. The number of carboxylic acids is 1. The highest BCUT2D eigenvalue weighted by atomic mass is 79.9. The molecule has 0 saturated heterocycles. The van der Waals surface area contributed by atoms with E-state index in [1.807, 2.05) is 26.0 Å². The fraction of sp³-hybridized carbons (Fsp3) is 0.429. The van der Waals surface area contributed by atoms with Crippen LogP contribution in [0.15, 0.2) is 27.1 Å². The Labute approximate surface area is 141 Å². The molecule has 0 bridgehead atoms. The zero-order valence-corrected chi connectivity index (χ0v) is 15.1. The van der Waals surface area contributed by atoms with Crippen LogP contribution in [0.4, 0.5) is 5.69 Å². The maximum atomic E-state index is 12.1. The summed E-state index contributed by atoms with van der Waals surface area (Å²) in [6.45, 7) is 3.77. The van der Waals surface area contributed by atoms with Crippen LogP contribution in [-0.2, 0) is 9.59 Å². The largest absolute Gasteiger partial charge is 0.480 e. The number of aliphatic carboxylic acids is 1. The Hall–Kier alpha value is -0.920. The van der Waals surface area contributed by atoms with Crippen molar-refractivity contribution in [3.8, 4) is 0 Å². The van der Waals surface area contributed by atoms with Crippen molar-refractivity contribution in [1.82, 2.24) is 4.90 Å². The lowest BCUT2D eigenvalue weighted by molar-refractivity contribution is -0.139. The molecule has 1 atom stereocenters. The Bertz CT molecular complexity index is 523. The molecule has 0 aliphatic carbocycles. The van der Waals surface area contributed by atoms with Gasteiger partial charge in [0, 0.05) is 15.0 Å². The van der Waals surface area contributed by atoms with Gasteiger partial charge in [-0.3, -0.25) is 14.5 Å². The number of nitrogens with one attached hydrogen (secondary N) is 1. The van der Waals surface area contributed by atoms with Crippen molar-refractivity contribution in [3.63, 3.8) is 0 Å². The summed E-state index contributed by atoms with van der Waals surface area (Å²) < 4.78 is 1.66. The van der Waals surface area contributed by atoms with E-state index in [1.165, 1.54) is 0 Å². The van der Waals surface area contributed by atoms with Gasteiger partial charge in [-0.2, -0.15) is 0 Å². The third-order valence-corrected chi connectivity index (χ3v) is 4.25. The number of carbonyl (C=O) groups excluding carboxylic acids is 1. The van der Waals surface area contributed by atoms with Gasteiger partial charge in [-0.15, -0.1) is 0 Å². The molecule has 0 fully saturated rings. The number of hydrogen-bond donors (Lipinski definition) is 2. The topological polar surface area (TPSA) is 69.6 Å². The van der Waals surface area contributed by atoms with E-state index in [0.29, 0.717) is 5.69 Å². The fourth-order valence-electron chi connectivity index (χ4n) is 1.76. The van der Waals surface area contributed by atoms with Crippen molar-refractivity contribution >= 4 is 49.4 Å². The molecule has 21 heavy (non-hydrogen) atoms. The van der Waals surface area contributed by atoms with E-state index in [4.69, 9.17) is 5.11 Å². The number of carboxylic acid groups (broad SMARTS) is 1. The summed E-state index contributed by atoms with van der Waals surface area (Å²) in [7, 11) is 0. The minimum absolute atomic E-state index is 0.0280. The molecule has 0 heterocycles. The number of hydrogen-bond acceptors (Lipinski definition) is 3. The predicted octanol–water partition coefficient (Wildman–Crippen LogP) is 3.34. The van der Waals surface area contributed by atoms with Gasteiger partial charge in [0.05, 0.1) is 18.8 Å². The minimum atomic E-state index is -0.937. The normalized spacial score (nSPS) is 12.2. The number of carbonyl (C=O) groups is 2. The summed E-state index contributed by atoms with van der Waals surface area (Å²) in [6, 6.07) is 5.46. The molecule has 5 nitrogen and oxygen atoms in total. The second-order valence-electron chi connectivity index (χ2n) is 4.73. The average molecular weight is 422 g/mol. The second kappa shape index (κ2) is 8.51. The van der Waals surface area contributed by atoms with E-state index in [9.17, 15) is 9.59 Å². The molecule has 0 aromatic heterocycles. The van der Waals surface area contributed by atoms with Crippen LogP contribution in [0.2, 0.25) is 0 Å². The molecular formula is C14H18Br2N2O3. The van der Waals surface area contributed by atoms with E-state index >= 15 is 0 Å². The van der Waals surface area contributed by atoms with Gasteiger partial charge < -0.3 is 10.4 Å². The highest BCUT2D eigenvalue weighted by Crippen LogP contribution is 2.26. The van der Waals surface area contributed by atoms with E-state index in [0.717, 1.165) is 15.4 Å². The molecule has 1 aromatic carbocycles. The molecule has 0 saturated carbocycles. The first-order valence-corrected chi connectivity index (χ1v) is 8.12. The lowest BCUT2D eigenvalue weighted by Gasteiger charge is -2.25. The quantitative estimate of drug-likeness (QED) is 0.708. The molecule has 116 valence electrons. The van der Waals surface area contributed by atoms with Gasteiger partial charge in [-0.05, 0) is 47.5 Å². The van der Waals surface area contributed by atoms with Gasteiger partial charge in [0.2, 0.25) is 5.91 Å². The van der Waals surface area contributed by atoms with Crippen molar-refractivity contribution in [2.75, 3.05) is 18.4 Å². The van der Waals surface area contributed by atoms with Crippen LogP contribution in [0.5, 0.6) is 0 Å². The maximum absolute atomic E-state index is 12.1. The summed E-state index contributed by atoms with van der Waals surface area (Å²) in [5, 5.41) is 11.7. The molecule has 1 unspecified atom stereocenters. The molecule has 7 heteroatoms. The Morgan fingerprint density at radius 3 is 2.52 bits per heavy atom. The average Bonchev–Trinajstić information content (AvgIpc) is 2.39. The first kappa shape index (κ1) is 18.1. The van der Waals surface area contributed by atoms with E-state index in [2.05, 4.69) is 37.2 Å². The first-order valence-electron chi connectivity index (χ1n) is 6.54. The van der Waals surface area contributed by atoms with Crippen molar-refractivity contribution in [1.29, 1.82) is 0 Å². The fourth-order valence-corrected chi connectivity index (χ4v) is 2.91. The van der Waals surface area contributed by atoms with Crippen molar-refractivity contribution in [2.24, 2.45) is 0 Å². The highest BCUT2D eigenvalue weighted by molar-refractivity contribution is 9.11. The van der Waals surface area contributed by atoms with Crippen LogP contribution in [0.1, 0.15) is 20.3 Å². The Balaban J connectivity index is 2.71. The second-order valence-corrected chi connectivity index (χ2v) is 6.50. The van der Waals surface area contributed by atoms with E-state index in [1.54, 1.807) is 11.0 Å². The zero-order chi connectivity index (χ0) is 16.0. The maximum Gasteiger partial charge on any atom is 0.317 e. The molecule has 1 aromatic rings. The summed E-state index contributed by atoms with van der Waals surface area (Å²) in [5.41, 5.74) is 0.655. The Morgan fingerprint density at radius 2 is 2.00 bits per heavy atom. The molecular weight excluding hydrogens is 404 g/mol. The SMILES string of the molecule is CCC(C)N(CC(=O)O)CC(=O)Nc1ccc(Br)cc1Br. The predicted molar refractivity (Wildman–Crippen MR) is 89.4 cm³/mol. The molecule has 0 spiro atoms. The van der Waals surface area contributed by atoms with Gasteiger partial charge >= 0.3 is 5.97 Å². The Morgan fingerprint density at radius 1 is 1.33 bits per heavy atom. The standard InChI is InChI=1S/C14H18Br2N2O3/c1-3-9(2)18(8-14(20)21)7-13(19)17-12-5-4-10(15)6-11(12)16/h4-6,9H,3,7-8H2,1-2H3,(H,17,19)(H,20,21). The number of amides is 1. The summed E-state index contributed by atoms with van der Waals surface area (Å²) >= 11 is 6.71. The molecule has 1 amide bonds. The van der Waals surface area contributed by atoms with Crippen molar-refractivity contribution in [2.45, 2.75) is 26.3 Å².